The lowest BCUT2D eigenvalue weighted by atomic mass is 10.1. The van der Waals surface area contributed by atoms with Crippen LogP contribution in [-0.2, 0) is 4.79 Å². The number of aromatic amines is 1. The lowest BCUT2D eigenvalue weighted by Gasteiger charge is -2.45. The maximum absolute atomic E-state index is 12.9. The molecule has 1 aromatic carbocycles. The molecule has 2 aromatic rings. The van der Waals surface area contributed by atoms with E-state index in [1.807, 2.05) is 6.07 Å². The molecular formula is C18H20N4O3. The Labute approximate surface area is 144 Å². The standard InChI is InChI=1S/C18H20N4O3/c1-20-6-7-21-8-9-22(11-15(21)18(20)25)17(24)14-10-16(23)12-4-2-3-5-13(12)19-14/h2-5,10,15H,6-9,11H2,1H3,(H,19,23). The van der Waals surface area contributed by atoms with Crippen LogP contribution in [0.15, 0.2) is 35.1 Å². The van der Waals surface area contributed by atoms with Crippen molar-refractivity contribution in [1.29, 1.82) is 0 Å². The summed E-state index contributed by atoms with van der Waals surface area (Å²) in [7, 11) is 1.79. The molecule has 2 aliphatic heterocycles. The fourth-order valence-electron chi connectivity index (χ4n) is 3.63. The highest BCUT2D eigenvalue weighted by Gasteiger charge is 2.38. The van der Waals surface area contributed by atoms with Gasteiger partial charge in [0.15, 0.2) is 5.43 Å². The van der Waals surface area contributed by atoms with Crippen LogP contribution in [0.1, 0.15) is 10.5 Å². The third kappa shape index (κ3) is 2.70. The molecule has 0 spiro atoms. The number of rotatable bonds is 1. The SMILES string of the molecule is CN1CCN2CCN(C(=O)c3cc(=O)c4ccccc4[nH]3)CC2C1=O. The van der Waals surface area contributed by atoms with Gasteiger partial charge in [-0.25, -0.2) is 0 Å². The van der Waals surface area contributed by atoms with Gasteiger partial charge in [0.2, 0.25) is 5.91 Å². The number of aromatic nitrogens is 1. The van der Waals surface area contributed by atoms with E-state index in [0.29, 0.717) is 30.5 Å². The van der Waals surface area contributed by atoms with Crippen LogP contribution in [0.2, 0.25) is 0 Å². The van der Waals surface area contributed by atoms with Crippen molar-refractivity contribution >= 4 is 22.7 Å². The summed E-state index contributed by atoms with van der Waals surface area (Å²) in [6, 6.07) is 8.20. The molecule has 130 valence electrons. The minimum absolute atomic E-state index is 0.0516. The van der Waals surface area contributed by atoms with Gasteiger partial charge in [0.1, 0.15) is 11.7 Å². The minimum Gasteiger partial charge on any atom is -0.350 e. The predicted octanol–water partition coefficient (Wildman–Crippen LogP) is 0.127. The zero-order chi connectivity index (χ0) is 17.6. The van der Waals surface area contributed by atoms with Gasteiger partial charge in [-0.1, -0.05) is 12.1 Å². The van der Waals surface area contributed by atoms with Crippen LogP contribution in [-0.4, -0.2) is 77.3 Å². The molecule has 1 N–H and O–H groups in total. The van der Waals surface area contributed by atoms with Gasteiger partial charge in [-0.3, -0.25) is 19.3 Å². The molecule has 7 nitrogen and oxygen atoms in total. The number of piperazine rings is 2. The lowest BCUT2D eigenvalue weighted by Crippen LogP contribution is -2.64. The summed E-state index contributed by atoms with van der Waals surface area (Å²) < 4.78 is 0. The molecule has 1 atom stereocenters. The Morgan fingerprint density at radius 3 is 2.72 bits per heavy atom. The van der Waals surface area contributed by atoms with Crippen LogP contribution in [0.4, 0.5) is 0 Å². The van der Waals surface area contributed by atoms with E-state index in [-0.39, 0.29) is 29.0 Å². The van der Waals surface area contributed by atoms with Crippen molar-refractivity contribution in [2.75, 3.05) is 39.8 Å². The second kappa shape index (κ2) is 6.00. The highest BCUT2D eigenvalue weighted by Crippen LogP contribution is 2.18. The van der Waals surface area contributed by atoms with Crippen LogP contribution in [0.25, 0.3) is 10.9 Å². The monoisotopic (exact) mass is 340 g/mol. The molecule has 2 fully saturated rings. The Morgan fingerprint density at radius 2 is 1.88 bits per heavy atom. The second-order valence-electron chi connectivity index (χ2n) is 6.66. The Morgan fingerprint density at radius 1 is 1.12 bits per heavy atom. The van der Waals surface area contributed by atoms with Crippen molar-refractivity contribution in [2.24, 2.45) is 0 Å². The number of amides is 2. The van der Waals surface area contributed by atoms with Gasteiger partial charge >= 0.3 is 0 Å². The van der Waals surface area contributed by atoms with Gasteiger partial charge in [-0.15, -0.1) is 0 Å². The van der Waals surface area contributed by atoms with Crippen molar-refractivity contribution in [3.8, 4) is 0 Å². The molecule has 3 heterocycles. The summed E-state index contributed by atoms with van der Waals surface area (Å²) in [6.45, 7) is 3.15. The van der Waals surface area contributed by atoms with Crippen molar-refractivity contribution in [2.45, 2.75) is 6.04 Å². The molecule has 0 radical (unpaired) electrons. The van der Waals surface area contributed by atoms with Crippen LogP contribution in [0, 0.1) is 0 Å². The molecule has 25 heavy (non-hydrogen) atoms. The molecule has 2 amide bonds. The van der Waals surface area contributed by atoms with E-state index in [1.54, 1.807) is 35.0 Å². The molecular weight excluding hydrogens is 320 g/mol. The maximum atomic E-state index is 12.9. The first-order valence-electron chi connectivity index (χ1n) is 8.45. The molecule has 2 saturated heterocycles. The van der Waals surface area contributed by atoms with Crippen molar-refractivity contribution in [3.63, 3.8) is 0 Å². The normalized spacial score (nSPS) is 21.5. The molecule has 2 aliphatic rings. The number of carbonyl (C=O) groups is 2. The van der Waals surface area contributed by atoms with Gasteiger partial charge in [0, 0.05) is 56.7 Å². The third-order valence-electron chi connectivity index (χ3n) is 5.13. The number of nitrogens with zero attached hydrogens (tertiary/aromatic N) is 3. The van der Waals surface area contributed by atoms with Crippen LogP contribution in [0.5, 0.6) is 0 Å². The second-order valence-corrected chi connectivity index (χ2v) is 6.66. The number of H-pyrrole nitrogens is 1. The van der Waals surface area contributed by atoms with Crippen LogP contribution < -0.4 is 5.43 Å². The smallest absolute Gasteiger partial charge is 0.270 e. The number of hydrogen-bond donors (Lipinski definition) is 1. The van der Waals surface area contributed by atoms with Gasteiger partial charge < -0.3 is 14.8 Å². The summed E-state index contributed by atoms with van der Waals surface area (Å²) in [5.41, 5.74) is 0.740. The summed E-state index contributed by atoms with van der Waals surface area (Å²) in [5.74, 6) is -0.181. The van der Waals surface area contributed by atoms with Crippen molar-refractivity contribution in [3.05, 3.63) is 46.2 Å². The largest absolute Gasteiger partial charge is 0.350 e. The zero-order valence-corrected chi connectivity index (χ0v) is 14.1. The molecule has 1 aromatic heterocycles. The summed E-state index contributed by atoms with van der Waals surface area (Å²) >= 11 is 0. The predicted molar refractivity (Wildman–Crippen MR) is 93.5 cm³/mol. The maximum Gasteiger partial charge on any atom is 0.270 e. The van der Waals surface area contributed by atoms with Crippen LogP contribution in [0.3, 0.4) is 0 Å². The average molecular weight is 340 g/mol. The van der Waals surface area contributed by atoms with Crippen LogP contribution >= 0.6 is 0 Å². The summed E-state index contributed by atoms with van der Waals surface area (Å²) in [4.78, 5) is 46.1. The van der Waals surface area contributed by atoms with Gasteiger partial charge in [0.25, 0.3) is 5.91 Å². The Bertz CT molecular complexity index is 907. The number of fused-ring (bicyclic) bond motifs is 2. The topological polar surface area (TPSA) is 76.7 Å². The van der Waals surface area contributed by atoms with Gasteiger partial charge in [-0.05, 0) is 12.1 Å². The third-order valence-corrected chi connectivity index (χ3v) is 5.13. The lowest BCUT2D eigenvalue weighted by molar-refractivity contribution is -0.142. The van der Waals surface area contributed by atoms with E-state index in [0.717, 1.165) is 13.1 Å². The first-order valence-corrected chi connectivity index (χ1v) is 8.45. The fourth-order valence-corrected chi connectivity index (χ4v) is 3.63. The highest BCUT2D eigenvalue weighted by molar-refractivity contribution is 5.95. The summed E-state index contributed by atoms with van der Waals surface area (Å²) in [6.07, 6.45) is 0. The molecule has 0 saturated carbocycles. The molecule has 7 heteroatoms. The number of likely N-dealkylation sites (N-methyl/N-ethyl adjacent to an activating group) is 1. The highest BCUT2D eigenvalue weighted by atomic mass is 16.2. The van der Waals surface area contributed by atoms with E-state index in [4.69, 9.17) is 0 Å². The summed E-state index contributed by atoms with van der Waals surface area (Å²) in [5, 5.41) is 0.563. The first kappa shape index (κ1) is 15.8. The number of benzene rings is 1. The zero-order valence-electron chi connectivity index (χ0n) is 14.1. The van der Waals surface area contributed by atoms with E-state index < -0.39 is 0 Å². The Balaban J connectivity index is 1.61. The molecule has 0 bridgehead atoms. The average Bonchev–Trinajstić information content (AvgIpc) is 2.64. The van der Waals surface area contributed by atoms with Crippen molar-refractivity contribution in [1.82, 2.24) is 19.7 Å². The Kier molecular flexibility index (Phi) is 3.80. The number of pyridine rings is 1. The van der Waals surface area contributed by atoms with Gasteiger partial charge in [-0.2, -0.15) is 0 Å². The number of hydrogen-bond acceptors (Lipinski definition) is 4. The van der Waals surface area contributed by atoms with E-state index in [1.165, 1.54) is 6.07 Å². The number of nitrogens with one attached hydrogen (secondary N) is 1. The van der Waals surface area contributed by atoms with E-state index >= 15 is 0 Å². The quantitative estimate of drug-likeness (QED) is 0.800. The minimum atomic E-state index is -0.288. The fraction of sp³-hybridized carbons (Fsp3) is 0.389. The van der Waals surface area contributed by atoms with E-state index in [9.17, 15) is 14.4 Å². The molecule has 4 rings (SSSR count). The number of para-hydroxylation sites is 1. The van der Waals surface area contributed by atoms with E-state index in [2.05, 4.69) is 9.88 Å². The van der Waals surface area contributed by atoms with Crippen molar-refractivity contribution < 1.29 is 9.59 Å². The number of carbonyl (C=O) groups excluding carboxylic acids is 2. The molecule has 1 unspecified atom stereocenters. The molecule has 0 aliphatic carbocycles. The Hall–Kier alpha value is -2.67. The van der Waals surface area contributed by atoms with Gasteiger partial charge in [0.05, 0.1) is 0 Å². The first-order chi connectivity index (χ1) is 12.0.